The normalized spacial score (nSPS) is 25.4. The van der Waals surface area contributed by atoms with E-state index in [1.54, 1.807) is 34.8 Å². The average molecular weight is 405 g/mol. The molecule has 29 heavy (non-hydrogen) atoms. The van der Waals surface area contributed by atoms with Gasteiger partial charge in [-0.2, -0.15) is 5.10 Å². The quantitative estimate of drug-likeness (QED) is 0.752. The Bertz CT molecular complexity index is 958. The van der Waals surface area contributed by atoms with E-state index in [1.165, 1.54) is 0 Å². The smallest absolute Gasteiger partial charge is 0.267 e. The molecular weight excluding hydrogens is 380 g/mol. The van der Waals surface area contributed by atoms with Crippen LogP contribution in [0, 0.1) is 0 Å². The molecule has 2 saturated heterocycles. The van der Waals surface area contributed by atoms with E-state index < -0.39 is 17.8 Å². The predicted octanol–water partition coefficient (Wildman–Crippen LogP) is 1.48. The van der Waals surface area contributed by atoms with Gasteiger partial charge in [0.05, 0.1) is 29.6 Å². The van der Waals surface area contributed by atoms with Crippen LogP contribution in [-0.4, -0.2) is 58.6 Å². The van der Waals surface area contributed by atoms with Crippen LogP contribution in [0.2, 0.25) is 0 Å². The predicted molar refractivity (Wildman–Crippen MR) is 104 cm³/mol. The van der Waals surface area contributed by atoms with E-state index in [4.69, 9.17) is 5.73 Å². The number of fused-ring (bicyclic) bond motifs is 1. The summed E-state index contributed by atoms with van der Waals surface area (Å²) >= 11 is 0. The molecule has 2 aromatic rings. The Morgan fingerprint density at radius 1 is 1.31 bits per heavy atom. The zero-order valence-corrected chi connectivity index (χ0v) is 16.3. The van der Waals surface area contributed by atoms with Crippen molar-refractivity contribution in [2.45, 2.75) is 37.0 Å². The Morgan fingerprint density at radius 3 is 2.79 bits per heavy atom. The van der Waals surface area contributed by atoms with Gasteiger partial charge in [-0.1, -0.05) is 12.1 Å². The fraction of sp³-hybridized carbons (Fsp3) is 0.550. The highest BCUT2D eigenvalue weighted by Gasteiger charge is 2.45. The third-order valence-corrected chi connectivity index (χ3v) is 6.00. The molecule has 7 nitrogen and oxygen atoms in total. The van der Waals surface area contributed by atoms with Crippen LogP contribution in [0.1, 0.15) is 42.4 Å². The largest absolute Gasteiger partial charge is 0.329 e. The molecule has 0 aliphatic carbocycles. The van der Waals surface area contributed by atoms with Crippen LogP contribution >= 0.6 is 0 Å². The maximum absolute atomic E-state index is 14.8. The summed E-state index contributed by atoms with van der Waals surface area (Å²) in [5.41, 5.74) is 7.38. The highest BCUT2D eigenvalue weighted by molar-refractivity contribution is 6.02. The van der Waals surface area contributed by atoms with Crippen molar-refractivity contribution in [2.24, 2.45) is 12.8 Å². The van der Waals surface area contributed by atoms with E-state index in [9.17, 15) is 18.4 Å². The number of carbonyl (C=O) groups is 2. The molecule has 2 aliphatic heterocycles. The first-order valence-electron chi connectivity index (χ1n) is 9.90. The van der Waals surface area contributed by atoms with Gasteiger partial charge in [0.25, 0.3) is 5.92 Å². The maximum Gasteiger partial charge on any atom is 0.267 e. The summed E-state index contributed by atoms with van der Waals surface area (Å²) in [6, 6.07) is 5.25. The molecule has 1 aromatic carbocycles. The monoisotopic (exact) mass is 405 g/mol. The van der Waals surface area contributed by atoms with Crippen LogP contribution < -0.4 is 11.1 Å². The van der Waals surface area contributed by atoms with Gasteiger partial charge in [0.15, 0.2) is 0 Å². The SMILES string of the molecule is Cn1nc(C2CCC(=O)NC2=O)c2ccc(C3CCN(CCN)CC3(F)F)cc21. The Labute approximate surface area is 167 Å². The minimum absolute atomic E-state index is 0.264. The number of hydrogen-bond acceptors (Lipinski definition) is 5. The zero-order valence-electron chi connectivity index (χ0n) is 16.3. The number of halogens is 2. The van der Waals surface area contributed by atoms with Crippen LogP contribution in [0.3, 0.4) is 0 Å². The van der Waals surface area contributed by atoms with Crippen molar-refractivity contribution in [3.05, 3.63) is 29.5 Å². The van der Waals surface area contributed by atoms with E-state index in [0.717, 1.165) is 5.39 Å². The first kappa shape index (κ1) is 19.9. The first-order valence-corrected chi connectivity index (χ1v) is 9.90. The van der Waals surface area contributed by atoms with E-state index >= 15 is 0 Å². The number of alkyl halides is 2. The van der Waals surface area contributed by atoms with Crippen LogP contribution in [0.25, 0.3) is 10.9 Å². The van der Waals surface area contributed by atoms with Crippen molar-refractivity contribution < 1.29 is 18.4 Å². The molecule has 0 saturated carbocycles. The number of hydrogen-bond donors (Lipinski definition) is 2. The summed E-state index contributed by atoms with van der Waals surface area (Å²) in [7, 11) is 1.74. The number of piperidine rings is 2. The Kier molecular flexibility index (Phi) is 5.12. The van der Waals surface area contributed by atoms with Gasteiger partial charge in [0, 0.05) is 31.9 Å². The number of amides is 2. The first-order chi connectivity index (χ1) is 13.8. The highest BCUT2D eigenvalue weighted by Crippen LogP contribution is 2.41. The van der Waals surface area contributed by atoms with Crippen molar-refractivity contribution >= 4 is 22.7 Å². The second-order valence-corrected chi connectivity index (χ2v) is 7.96. The van der Waals surface area contributed by atoms with Gasteiger partial charge in [0.1, 0.15) is 0 Å². The molecule has 2 aliphatic rings. The van der Waals surface area contributed by atoms with E-state index in [2.05, 4.69) is 10.4 Å². The molecule has 0 radical (unpaired) electrons. The molecule has 4 rings (SSSR count). The fourth-order valence-corrected chi connectivity index (χ4v) is 4.53. The second kappa shape index (κ2) is 7.46. The lowest BCUT2D eigenvalue weighted by atomic mass is 9.85. The Morgan fingerprint density at radius 2 is 2.10 bits per heavy atom. The summed E-state index contributed by atoms with van der Waals surface area (Å²) in [6.45, 7) is 1.13. The van der Waals surface area contributed by atoms with Gasteiger partial charge < -0.3 is 5.73 Å². The number of nitrogens with one attached hydrogen (secondary N) is 1. The Balaban J connectivity index is 1.65. The van der Waals surface area contributed by atoms with Gasteiger partial charge in [0.2, 0.25) is 11.8 Å². The van der Waals surface area contributed by atoms with Crippen molar-refractivity contribution in [2.75, 3.05) is 26.2 Å². The lowest BCUT2D eigenvalue weighted by Gasteiger charge is -2.38. The molecule has 2 amide bonds. The summed E-state index contributed by atoms with van der Waals surface area (Å²) in [5.74, 6) is -4.86. The standard InChI is InChI=1S/C20H25F2N5O2/c1-26-16-10-12(15-6-8-27(9-7-23)11-20(15,21)22)2-3-13(16)18(25-26)14-4-5-17(28)24-19(14)29/h2-3,10,14-15H,4-9,11,23H2,1H3,(H,24,28,29). The van der Waals surface area contributed by atoms with Gasteiger partial charge in [-0.25, -0.2) is 8.78 Å². The number of nitrogens with two attached hydrogens (primary N) is 1. The Hall–Kier alpha value is -2.39. The van der Waals surface area contributed by atoms with Crippen molar-refractivity contribution in [3.63, 3.8) is 0 Å². The summed E-state index contributed by atoms with van der Waals surface area (Å²) < 4.78 is 31.3. The van der Waals surface area contributed by atoms with E-state index in [1.807, 2.05) is 0 Å². The molecule has 1 aromatic heterocycles. The summed E-state index contributed by atoms with van der Waals surface area (Å²) in [5, 5.41) is 7.59. The molecule has 156 valence electrons. The van der Waals surface area contributed by atoms with Crippen LogP contribution in [0.5, 0.6) is 0 Å². The van der Waals surface area contributed by atoms with Crippen LogP contribution in [0.15, 0.2) is 18.2 Å². The molecule has 9 heteroatoms. The topological polar surface area (TPSA) is 93.2 Å². The average Bonchev–Trinajstić information content (AvgIpc) is 2.97. The number of aryl methyl sites for hydroxylation is 1. The molecular formula is C20H25F2N5O2. The lowest BCUT2D eigenvalue weighted by Crippen LogP contribution is -2.48. The molecule has 3 heterocycles. The molecule has 2 fully saturated rings. The number of rotatable bonds is 4. The number of imide groups is 1. The molecule has 0 spiro atoms. The van der Waals surface area contributed by atoms with Gasteiger partial charge >= 0.3 is 0 Å². The summed E-state index contributed by atoms with van der Waals surface area (Å²) in [4.78, 5) is 25.4. The number of benzene rings is 1. The lowest BCUT2D eigenvalue weighted by molar-refractivity contribution is -0.134. The number of carbonyl (C=O) groups excluding carboxylic acids is 2. The molecule has 0 bridgehead atoms. The van der Waals surface area contributed by atoms with E-state index in [0.29, 0.717) is 49.2 Å². The van der Waals surface area contributed by atoms with Gasteiger partial charge in [-0.05, 0) is 31.0 Å². The van der Waals surface area contributed by atoms with Crippen molar-refractivity contribution in [1.29, 1.82) is 0 Å². The van der Waals surface area contributed by atoms with Gasteiger partial charge in [-0.15, -0.1) is 0 Å². The van der Waals surface area contributed by atoms with Crippen molar-refractivity contribution in [3.8, 4) is 0 Å². The fourth-order valence-electron chi connectivity index (χ4n) is 4.53. The zero-order chi connectivity index (χ0) is 20.8. The van der Waals surface area contributed by atoms with Gasteiger partial charge in [-0.3, -0.25) is 24.5 Å². The number of nitrogens with zero attached hydrogens (tertiary/aromatic N) is 3. The third-order valence-electron chi connectivity index (χ3n) is 6.00. The maximum atomic E-state index is 14.8. The third kappa shape index (κ3) is 3.64. The van der Waals surface area contributed by atoms with Crippen LogP contribution in [0.4, 0.5) is 8.78 Å². The van der Waals surface area contributed by atoms with Crippen molar-refractivity contribution in [1.82, 2.24) is 20.0 Å². The number of aromatic nitrogens is 2. The number of likely N-dealkylation sites (tertiary alicyclic amines) is 1. The minimum atomic E-state index is -2.84. The minimum Gasteiger partial charge on any atom is -0.329 e. The molecule has 2 atom stereocenters. The molecule has 2 unspecified atom stereocenters. The van der Waals surface area contributed by atoms with E-state index in [-0.39, 0.29) is 24.8 Å². The second-order valence-electron chi connectivity index (χ2n) is 7.96. The molecule has 3 N–H and O–H groups in total. The summed E-state index contributed by atoms with van der Waals surface area (Å²) in [6.07, 6.45) is 1.02. The van der Waals surface area contributed by atoms with Crippen LogP contribution in [-0.2, 0) is 16.6 Å². The highest BCUT2D eigenvalue weighted by atomic mass is 19.3.